The third kappa shape index (κ3) is 37.1. The molecule has 0 aliphatic carbocycles. The third-order valence-corrected chi connectivity index (χ3v) is 10.2. The van der Waals surface area contributed by atoms with E-state index in [2.05, 4.69) is 101 Å². The Labute approximate surface area is 357 Å². The fourth-order valence-corrected chi connectivity index (χ4v) is 6.00. The van der Waals surface area contributed by atoms with Gasteiger partial charge in [0.1, 0.15) is 0 Å². The predicted octanol–water partition coefficient (Wildman–Crippen LogP) is 9.19. The van der Waals surface area contributed by atoms with E-state index in [1.54, 1.807) is 0 Å². The van der Waals surface area contributed by atoms with Gasteiger partial charge in [-0.25, -0.2) is 24.0 Å². The van der Waals surface area contributed by atoms with E-state index in [-0.39, 0.29) is 46.4 Å². The van der Waals surface area contributed by atoms with Crippen LogP contribution >= 0.6 is 0 Å². The first-order chi connectivity index (χ1) is 27.7. The molecule has 0 saturated carbocycles. The predicted molar refractivity (Wildman–Crippen MR) is 235 cm³/mol. The molecule has 59 heavy (non-hydrogen) atoms. The summed E-state index contributed by atoms with van der Waals surface area (Å²) in [7, 11) is 0. The van der Waals surface area contributed by atoms with Crippen molar-refractivity contribution >= 4 is 30.4 Å². The first kappa shape index (κ1) is 55.4. The SMILES string of the molecule is CCC(C)(CCCOC(=O)NCCC(C)(C)C)CCCOC(=O)OCCCC(C)(C)CCCOC(=O)NCCCCNC(=O)NCCCCNC(=O)NCCC(C)(C)C. The van der Waals surface area contributed by atoms with Gasteiger partial charge in [0.25, 0.3) is 0 Å². The van der Waals surface area contributed by atoms with Gasteiger partial charge in [0.2, 0.25) is 0 Å². The molecule has 0 bridgehead atoms. The fraction of sp³-hybridized carbons (Fsp3) is 0.886. The second kappa shape index (κ2) is 31.3. The molecular formula is C44H86N6O9. The Bertz CT molecular complexity index is 1170. The molecule has 1 atom stereocenters. The molecular weight excluding hydrogens is 757 g/mol. The summed E-state index contributed by atoms with van der Waals surface area (Å²) in [6.45, 7) is 26.1. The molecule has 0 radical (unpaired) electrons. The lowest BCUT2D eigenvalue weighted by molar-refractivity contribution is 0.0477. The highest BCUT2D eigenvalue weighted by Crippen LogP contribution is 2.33. The first-order valence-electron chi connectivity index (χ1n) is 22.3. The topological polar surface area (TPSA) is 194 Å². The number of hydrogen-bond donors (Lipinski definition) is 6. The zero-order chi connectivity index (χ0) is 44.6. The number of carbonyl (C=O) groups excluding carboxylic acids is 5. The number of amides is 6. The van der Waals surface area contributed by atoms with E-state index in [0.29, 0.717) is 71.9 Å². The molecule has 0 aromatic heterocycles. The molecule has 0 spiro atoms. The fourth-order valence-electron chi connectivity index (χ4n) is 6.00. The summed E-state index contributed by atoms with van der Waals surface area (Å²) in [5, 5.41) is 16.9. The van der Waals surface area contributed by atoms with Gasteiger partial charge in [0, 0.05) is 39.3 Å². The Kier molecular flexibility index (Phi) is 29.3. The lowest BCUT2D eigenvalue weighted by Gasteiger charge is -2.28. The molecule has 0 rings (SSSR count). The Morgan fingerprint density at radius 2 is 0.712 bits per heavy atom. The summed E-state index contributed by atoms with van der Waals surface area (Å²) in [6.07, 6.45) is 10.8. The quantitative estimate of drug-likeness (QED) is 0.0224. The van der Waals surface area contributed by atoms with Crippen LogP contribution in [0.5, 0.6) is 0 Å². The van der Waals surface area contributed by atoms with Gasteiger partial charge >= 0.3 is 30.4 Å². The maximum Gasteiger partial charge on any atom is 0.508 e. The van der Waals surface area contributed by atoms with Crippen LogP contribution in [0, 0.1) is 21.7 Å². The Morgan fingerprint density at radius 1 is 0.390 bits per heavy atom. The molecule has 6 amide bonds. The van der Waals surface area contributed by atoms with Crippen LogP contribution in [0.3, 0.4) is 0 Å². The van der Waals surface area contributed by atoms with E-state index in [0.717, 1.165) is 83.5 Å². The van der Waals surface area contributed by atoms with Crippen LogP contribution < -0.4 is 31.9 Å². The molecule has 15 nitrogen and oxygen atoms in total. The number of carbonyl (C=O) groups is 5. The summed E-state index contributed by atoms with van der Waals surface area (Å²) in [4.78, 5) is 59.8. The van der Waals surface area contributed by atoms with Gasteiger partial charge < -0.3 is 50.8 Å². The van der Waals surface area contributed by atoms with Crippen molar-refractivity contribution in [1.82, 2.24) is 31.9 Å². The second-order valence-corrected chi connectivity index (χ2v) is 19.2. The van der Waals surface area contributed by atoms with Crippen molar-refractivity contribution in [2.24, 2.45) is 21.7 Å². The molecule has 0 aromatic carbocycles. The van der Waals surface area contributed by atoms with Gasteiger partial charge in [0.15, 0.2) is 0 Å². The molecule has 0 aromatic rings. The van der Waals surface area contributed by atoms with Crippen LogP contribution in [-0.4, -0.2) is 96.1 Å². The molecule has 0 heterocycles. The van der Waals surface area contributed by atoms with E-state index >= 15 is 0 Å². The number of hydrogen-bond acceptors (Lipinski definition) is 9. The standard InChI is InChI=1S/C44H86N6O9/c1-11-44(10,22-18-33-57-39(54)50-31-25-42(5,6)7)23-19-35-59-40(55)58-34-17-21-43(8,9)20-16-32-56-38(53)49-29-15-14-28-46-36(51)45-26-12-13-27-47-37(52)48-30-24-41(2,3)4/h11-35H2,1-10H3,(H,49,53)(H,50,54)(H2,45,46,51)(H2,47,48,52). The van der Waals surface area contributed by atoms with Crippen molar-refractivity contribution < 1.29 is 42.9 Å². The van der Waals surface area contributed by atoms with Crippen molar-refractivity contribution in [2.75, 3.05) is 65.7 Å². The number of nitrogens with one attached hydrogen (secondary N) is 6. The van der Waals surface area contributed by atoms with E-state index in [1.165, 1.54) is 0 Å². The summed E-state index contributed by atoms with van der Waals surface area (Å²) in [5.41, 5.74) is 0.425. The van der Waals surface area contributed by atoms with Crippen molar-refractivity contribution in [2.45, 2.75) is 166 Å². The van der Waals surface area contributed by atoms with Crippen molar-refractivity contribution in [3.05, 3.63) is 0 Å². The molecule has 15 heteroatoms. The van der Waals surface area contributed by atoms with E-state index < -0.39 is 12.2 Å². The molecule has 0 saturated heterocycles. The first-order valence-corrected chi connectivity index (χ1v) is 22.3. The highest BCUT2D eigenvalue weighted by atomic mass is 16.7. The molecule has 0 aliphatic rings. The van der Waals surface area contributed by atoms with Crippen molar-refractivity contribution in [1.29, 1.82) is 0 Å². The van der Waals surface area contributed by atoms with Gasteiger partial charge in [0.05, 0.1) is 26.4 Å². The van der Waals surface area contributed by atoms with Gasteiger partial charge in [-0.2, -0.15) is 0 Å². The van der Waals surface area contributed by atoms with E-state index in [4.69, 9.17) is 18.9 Å². The largest absolute Gasteiger partial charge is 0.508 e. The lowest BCUT2D eigenvalue weighted by Crippen LogP contribution is -2.38. The number of urea groups is 2. The summed E-state index contributed by atoms with van der Waals surface area (Å²) >= 11 is 0. The average Bonchev–Trinajstić information content (AvgIpc) is 3.14. The Morgan fingerprint density at radius 3 is 1.10 bits per heavy atom. The maximum absolute atomic E-state index is 12.1. The average molecular weight is 843 g/mol. The minimum Gasteiger partial charge on any atom is -0.450 e. The van der Waals surface area contributed by atoms with Crippen LogP contribution in [0.15, 0.2) is 0 Å². The molecule has 1 unspecified atom stereocenters. The van der Waals surface area contributed by atoms with E-state index in [1.807, 2.05) is 0 Å². The summed E-state index contributed by atoms with van der Waals surface area (Å²) in [6, 6.07) is -0.393. The normalized spacial score (nSPS) is 12.7. The third-order valence-electron chi connectivity index (χ3n) is 10.2. The van der Waals surface area contributed by atoms with Crippen LogP contribution in [0.1, 0.15) is 166 Å². The van der Waals surface area contributed by atoms with Gasteiger partial charge in [-0.3, -0.25) is 0 Å². The summed E-state index contributed by atoms with van der Waals surface area (Å²) in [5.74, 6) is 0. The monoisotopic (exact) mass is 843 g/mol. The molecule has 0 aliphatic heterocycles. The number of ether oxygens (including phenoxy) is 4. The Balaban J connectivity index is 3.81. The number of unbranched alkanes of at least 4 members (excludes halogenated alkanes) is 2. The van der Waals surface area contributed by atoms with E-state index in [9.17, 15) is 24.0 Å². The van der Waals surface area contributed by atoms with Crippen LogP contribution in [0.4, 0.5) is 24.0 Å². The van der Waals surface area contributed by atoms with Crippen LogP contribution in [0.2, 0.25) is 0 Å². The van der Waals surface area contributed by atoms with Gasteiger partial charge in [-0.1, -0.05) is 75.7 Å². The zero-order valence-corrected chi connectivity index (χ0v) is 38.9. The molecule has 346 valence electrons. The zero-order valence-electron chi connectivity index (χ0n) is 38.9. The minimum absolute atomic E-state index is 0.000967. The minimum atomic E-state index is -0.644. The molecule has 6 N–H and O–H groups in total. The highest BCUT2D eigenvalue weighted by Gasteiger charge is 2.22. The summed E-state index contributed by atoms with van der Waals surface area (Å²) < 4.78 is 21.3. The lowest BCUT2D eigenvalue weighted by atomic mass is 9.79. The smallest absolute Gasteiger partial charge is 0.450 e. The Hall–Kier alpha value is -3.65. The molecule has 0 fully saturated rings. The number of rotatable bonds is 31. The van der Waals surface area contributed by atoms with Crippen molar-refractivity contribution in [3.8, 4) is 0 Å². The van der Waals surface area contributed by atoms with Crippen LogP contribution in [0.25, 0.3) is 0 Å². The van der Waals surface area contributed by atoms with Crippen LogP contribution in [-0.2, 0) is 18.9 Å². The van der Waals surface area contributed by atoms with Crippen molar-refractivity contribution in [3.63, 3.8) is 0 Å². The highest BCUT2D eigenvalue weighted by molar-refractivity contribution is 5.74. The second-order valence-electron chi connectivity index (χ2n) is 19.2. The maximum atomic E-state index is 12.1. The number of alkyl carbamates (subject to hydrolysis) is 2. The van der Waals surface area contributed by atoms with Gasteiger partial charge in [-0.15, -0.1) is 0 Å². The van der Waals surface area contributed by atoms with Gasteiger partial charge in [-0.05, 0) is 112 Å².